The van der Waals surface area contributed by atoms with Crippen molar-refractivity contribution in [2.75, 3.05) is 5.73 Å². The number of nitrogen functional groups attached to an aromatic ring is 1. The zero-order valence-corrected chi connectivity index (χ0v) is 16.3. The fourth-order valence-corrected chi connectivity index (χ4v) is 4.09. The van der Waals surface area contributed by atoms with Crippen LogP contribution >= 0.6 is 11.6 Å². The molecule has 0 aliphatic carbocycles. The fraction of sp³-hybridized carbons (Fsp3) is 0.0500. The predicted octanol–water partition coefficient (Wildman–Crippen LogP) is 3.94. The maximum atomic E-state index is 12.6. The van der Waals surface area contributed by atoms with Crippen LogP contribution in [-0.2, 0) is 16.6 Å². The molecule has 0 amide bonds. The molecule has 4 rings (SSSR count). The van der Waals surface area contributed by atoms with Crippen molar-refractivity contribution < 1.29 is 8.42 Å². The smallest absolute Gasteiger partial charge is 0.256 e. The molecule has 0 atom stereocenters. The summed E-state index contributed by atoms with van der Waals surface area (Å²) in [6.45, 7) is 0.179. The Hall–Kier alpha value is -2.87. The molecule has 28 heavy (non-hydrogen) atoms. The van der Waals surface area contributed by atoms with Crippen LogP contribution in [0.5, 0.6) is 0 Å². The molecule has 0 saturated carbocycles. The first-order valence-corrected chi connectivity index (χ1v) is 10.4. The molecule has 0 aliphatic rings. The Balaban J connectivity index is 1.48. The minimum absolute atomic E-state index is 0.106. The molecule has 0 saturated heterocycles. The highest BCUT2D eigenvalue weighted by Crippen LogP contribution is 2.23. The maximum Gasteiger partial charge on any atom is 0.256 e. The summed E-state index contributed by atoms with van der Waals surface area (Å²) >= 11 is 5.96. The molecular formula is C20H17ClN4O2S. The summed E-state index contributed by atoms with van der Waals surface area (Å²) in [7, 11) is -3.67. The number of nitrogens with one attached hydrogen (secondary N) is 2. The molecule has 0 fully saturated rings. The number of fused-ring (bicyclic) bond motifs is 1. The van der Waals surface area contributed by atoms with Crippen LogP contribution in [0.15, 0.2) is 71.9 Å². The van der Waals surface area contributed by atoms with Crippen LogP contribution in [0.25, 0.3) is 22.0 Å². The third-order valence-electron chi connectivity index (χ3n) is 4.39. The number of pyridine rings is 1. The van der Waals surface area contributed by atoms with Gasteiger partial charge in [0.25, 0.3) is 10.0 Å². The van der Waals surface area contributed by atoms with E-state index in [1.807, 2.05) is 30.3 Å². The van der Waals surface area contributed by atoms with Crippen molar-refractivity contribution in [1.29, 1.82) is 0 Å². The van der Waals surface area contributed by atoms with Crippen molar-refractivity contribution in [3.05, 3.63) is 77.4 Å². The SMILES string of the molecule is Nc1ccc(-c2ccc(CNS(=O)(=O)c3cc4cc(Cl)ccc4[nH]3)cc2)cn1. The van der Waals surface area contributed by atoms with E-state index in [4.69, 9.17) is 17.3 Å². The second kappa shape index (κ2) is 7.27. The van der Waals surface area contributed by atoms with Crippen LogP contribution in [0.1, 0.15) is 5.56 Å². The van der Waals surface area contributed by atoms with Gasteiger partial charge in [-0.05, 0) is 47.5 Å². The predicted molar refractivity (Wildman–Crippen MR) is 111 cm³/mol. The van der Waals surface area contributed by atoms with E-state index >= 15 is 0 Å². The third kappa shape index (κ3) is 3.87. The van der Waals surface area contributed by atoms with Gasteiger partial charge in [0.1, 0.15) is 10.8 Å². The summed E-state index contributed by atoms with van der Waals surface area (Å²) in [5.41, 5.74) is 9.08. The largest absolute Gasteiger partial charge is 0.384 e. The van der Waals surface area contributed by atoms with E-state index in [0.29, 0.717) is 16.4 Å². The van der Waals surface area contributed by atoms with Gasteiger partial charge in [-0.3, -0.25) is 0 Å². The van der Waals surface area contributed by atoms with Crippen LogP contribution in [0.4, 0.5) is 5.82 Å². The monoisotopic (exact) mass is 412 g/mol. The molecule has 142 valence electrons. The van der Waals surface area contributed by atoms with Gasteiger partial charge in [-0.2, -0.15) is 0 Å². The highest BCUT2D eigenvalue weighted by atomic mass is 35.5. The summed E-state index contributed by atoms with van der Waals surface area (Å²) in [6.07, 6.45) is 1.70. The van der Waals surface area contributed by atoms with Gasteiger partial charge in [0.2, 0.25) is 0 Å². The number of sulfonamides is 1. The normalized spacial score (nSPS) is 11.8. The minimum Gasteiger partial charge on any atom is -0.384 e. The Kier molecular flexibility index (Phi) is 4.80. The van der Waals surface area contributed by atoms with E-state index in [1.54, 1.807) is 36.5 Å². The van der Waals surface area contributed by atoms with Gasteiger partial charge in [0.05, 0.1) is 0 Å². The molecule has 0 bridgehead atoms. The molecule has 4 aromatic rings. The van der Waals surface area contributed by atoms with Crippen LogP contribution < -0.4 is 10.5 Å². The summed E-state index contributed by atoms with van der Waals surface area (Å²) in [4.78, 5) is 6.99. The third-order valence-corrected chi connectivity index (χ3v) is 5.95. The quantitative estimate of drug-likeness (QED) is 0.462. The standard InChI is InChI=1S/C20H17ClN4O2S/c21-17-6-7-18-16(9-17)10-20(25-18)28(26,27)24-11-13-1-3-14(4-2-13)15-5-8-19(22)23-12-15/h1-10,12,24-25H,11H2,(H2,22,23). The lowest BCUT2D eigenvalue weighted by Gasteiger charge is -2.07. The molecular weight excluding hydrogens is 396 g/mol. The van der Waals surface area contributed by atoms with Crippen LogP contribution in [0.2, 0.25) is 5.02 Å². The van der Waals surface area contributed by atoms with E-state index in [2.05, 4.69) is 14.7 Å². The first kappa shape index (κ1) is 18.5. The molecule has 8 heteroatoms. The van der Waals surface area contributed by atoms with Crippen molar-refractivity contribution in [2.45, 2.75) is 11.6 Å². The molecule has 2 aromatic carbocycles. The van der Waals surface area contributed by atoms with Gasteiger partial charge >= 0.3 is 0 Å². The number of anilines is 1. The summed E-state index contributed by atoms with van der Waals surface area (Å²) in [5, 5.41) is 1.41. The zero-order valence-electron chi connectivity index (χ0n) is 14.7. The second-order valence-electron chi connectivity index (χ2n) is 6.36. The number of halogens is 1. The number of aromatic amines is 1. The Morgan fingerprint density at radius 2 is 1.75 bits per heavy atom. The zero-order chi connectivity index (χ0) is 19.7. The average molecular weight is 413 g/mol. The van der Waals surface area contributed by atoms with Crippen molar-refractivity contribution >= 4 is 38.3 Å². The first-order chi connectivity index (χ1) is 13.4. The van der Waals surface area contributed by atoms with Gasteiger partial charge < -0.3 is 10.7 Å². The number of benzene rings is 2. The maximum absolute atomic E-state index is 12.6. The van der Waals surface area contributed by atoms with Crippen molar-refractivity contribution in [3.63, 3.8) is 0 Å². The van der Waals surface area contributed by atoms with Gasteiger partial charge in [-0.25, -0.2) is 18.1 Å². The molecule has 0 aliphatic heterocycles. The van der Waals surface area contributed by atoms with Crippen molar-refractivity contribution in [2.24, 2.45) is 0 Å². The minimum atomic E-state index is -3.67. The molecule has 6 nitrogen and oxygen atoms in total. The second-order valence-corrected chi connectivity index (χ2v) is 8.53. The fourth-order valence-electron chi connectivity index (χ4n) is 2.87. The molecule has 2 aromatic heterocycles. The first-order valence-electron chi connectivity index (χ1n) is 8.49. The van der Waals surface area contributed by atoms with Crippen LogP contribution in [0, 0.1) is 0 Å². The molecule has 0 spiro atoms. The van der Waals surface area contributed by atoms with Gasteiger partial charge in [-0.1, -0.05) is 35.9 Å². The van der Waals surface area contributed by atoms with Gasteiger partial charge in [-0.15, -0.1) is 0 Å². The lowest BCUT2D eigenvalue weighted by molar-refractivity contribution is 0.578. The van der Waals surface area contributed by atoms with Crippen LogP contribution in [0.3, 0.4) is 0 Å². The summed E-state index contributed by atoms with van der Waals surface area (Å²) in [6, 6.07) is 18.0. The highest BCUT2D eigenvalue weighted by molar-refractivity contribution is 7.89. The van der Waals surface area contributed by atoms with Crippen LogP contribution in [-0.4, -0.2) is 18.4 Å². The van der Waals surface area contributed by atoms with E-state index in [0.717, 1.165) is 22.1 Å². The van der Waals surface area contributed by atoms with Crippen molar-refractivity contribution in [1.82, 2.24) is 14.7 Å². The van der Waals surface area contributed by atoms with E-state index in [1.165, 1.54) is 0 Å². The number of nitrogens with two attached hydrogens (primary N) is 1. The topological polar surface area (TPSA) is 101 Å². The molecule has 0 unspecified atom stereocenters. The van der Waals surface area contributed by atoms with E-state index in [-0.39, 0.29) is 11.6 Å². The Morgan fingerprint density at radius 1 is 1.00 bits per heavy atom. The Morgan fingerprint density at radius 3 is 2.46 bits per heavy atom. The van der Waals surface area contributed by atoms with E-state index < -0.39 is 10.0 Å². The molecule has 2 heterocycles. The number of aromatic nitrogens is 2. The number of H-pyrrole nitrogens is 1. The summed E-state index contributed by atoms with van der Waals surface area (Å²) in [5.74, 6) is 0.467. The number of hydrogen-bond donors (Lipinski definition) is 3. The molecule has 4 N–H and O–H groups in total. The number of hydrogen-bond acceptors (Lipinski definition) is 4. The van der Waals surface area contributed by atoms with Crippen molar-refractivity contribution in [3.8, 4) is 11.1 Å². The van der Waals surface area contributed by atoms with Gasteiger partial charge in [0.15, 0.2) is 0 Å². The average Bonchev–Trinajstić information content (AvgIpc) is 3.12. The lowest BCUT2D eigenvalue weighted by Crippen LogP contribution is -2.23. The number of nitrogens with zero attached hydrogens (tertiary/aromatic N) is 1. The lowest BCUT2D eigenvalue weighted by atomic mass is 10.1. The molecule has 0 radical (unpaired) electrons. The Bertz CT molecular complexity index is 1230. The summed E-state index contributed by atoms with van der Waals surface area (Å²) < 4.78 is 27.8. The Labute approximate surface area is 167 Å². The highest BCUT2D eigenvalue weighted by Gasteiger charge is 2.16. The van der Waals surface area contributed by atoms with E-state index in [9.17, 15) is 8.42 Å². The number of rotatable bonds is 5. The van der Waals surface area contributed by atoms with Gasteiger partial charge in [0, 0.05) is 34.2 Å².